The number of ether oxygens (including phenoxy) is 1. The van der Waals surface area contributed by atoms with Crippen molar-refractivity contribution in [3.63, 3.8) is 0 Å². The Morgan fingerprint density at radius 3 is 2.32 bits per heavy atom. The summed E-state index contributed by atoms with van der Waals surface area (Å²) in [5, 5.41) is 0. The van der Waals surface area contributed by atoms with Gasteiger partial charge in [-0.15, -0.1) is 0 Å². The van der Waals surface area contributed by atoms with E-state index in [4.69, 9.17) is 4.74 Å². The number of benzene rings is 1. The first-order valence-electron chi connectivity index (χ1n) is 9.23. The molecule has 0 saturated heterocycles. The maximum atomic E-state index is 5.82. The van der Waals surface area contributed by atoms with Gasteiger partial charge in [0.1, 0.15) is 5.75 Å². The highest BCUT2D eigenvalue weighted by molar-refractivity contribution is 5.86. The van der Waals surface area contributed by atoms with Gasteiger partial charge in [-0.1, -0.05) is 94.0 Å². The van der Waals surface area contributed by atoms with E-state index in [1.54, 1.807) is 7.11 Å². The van der Waals surface area contributed by atoms with Crippen LogP contribution in [0.25, 0.3) is 11.1 Å². The first kappa shape index (κ1) is 20.8. The summed E-state index contributed by atoms with van der Waals surface area (Å²) in [5.74, 6) is 0.904. The Morgan fingerprint density at radius 1 is 1.08 bits per heavy atom. The van der Waals surface area contributed by atoms with Crippen LogP contribution in [-0.2, 0) is 0 Å². The van der Waals surface area contributed by atoms with Gasteiger partial charge in [0.05, 0.1) is 7.11 Å². The van der Waals surface area contributed by atoms with Gasteiger partial charge >= 0.3 is 0 Å². The molecule has 0 aromatic heterocycles. The highest BCUT2D eigenvalue weighted by Gasteiger charge is 2.13. The fourth-order valence-corrected chi connectivity index (χ4v) is 2.62. The van der Waals surface area contributed by atoms with Crippen molar-refractivity contribution in [2.45, 2.75) is 46.5 Å². The Labute approximate surface area is 154 Å². The van der Waals surface area contributed by atoms with E-state index >= 15 is 0 Å². The van der Waals surface area contributed by atoms with Crippen molar-refractivity contribution in [3.8, 4) is 5.75 Å². The van der Waals surface area contributed by atoms with E-state index < -0.39 is 0 Å². The Kier molecular flexibility index (Phi) is 10.1. The molecule has 0 aliphatic carbocycles. The van der Waals surface area contributed by atoms with E-state index in [1.165, 1.54) is 5.57 Å². The molecule has 1 heteroatoms. The number of allylic oxidation sites excluding steroid dienone is 9. The van der Waals surface area contributed by atoms with E-state index in [-0.39, 0.29) is 0 Å². The maximum Gasteiger partial charge on any atom is 0.134 e. The van der Waals surface area contributed by atoms with Gasteiger partial charge < -0.3 is 4.74 Å². The Morgan fingerprint density at radius 2 is 1.76 bits per heavy atom. The number of unbranched alkanes of at least 4 members (excludes halogenated alkanes) is 2. The van der Waals surface area contributed by atoms with Crippen LogP contribution in [0.15, 0.2) is 67.3 Å². The lowest BCUT2D eigenvalue weighted by atomic mass is 9.95. The zero-order valence-corrected chi connectivity index (χ0v) is 16.2. The van der Waals surface area contributed by atoms with Gasteiger partial charge in [-0.25, -0.2) is 0 Å². The highest BCUT2D eigenvalue weighted by Crippen LogP contribution is 2.35. The molecule has 0 fully saturated rings. The summed E-state index contributed by atoms with van der Waals surface area (Å²) in [5.41, 5.74) is 4.49. The minimum Gasteiger partial charge on any atom is -0.495 e. The summed E-state index contributed by atoms with van der Waals surface area (Å²) < 4.78 is 5.82. The van der Waals surface area contributed by atoms with Crippen LogP contribution in [0, 0.1) is 0 Å². The van der Waals surface area contributed by atoms with Crippen molar-refractivity contribution in [2.75, 3.05) is 7.11 Å². The van der Waals surface area contributed by atoms with Crippen LogP contribution in [0.2, 0.25) is 0 Å². The zero-order valence-electron chi connectivity index (χ0n) is 16.2. The molecule has 134 valence electrons. The third-order valence-corrected chi connectivity index (χ3v) is 3.93. The minimum atomic E-state index is 0.904. The van der Waals surface area contributed by atoms with Crippen LogP contribution in [0.3, 0.4) is 0 Å². The van der Waals surface area contributed by atoms with Crippen molar-refractivity contribution in [1.29, 1.82) is 0 Å². The van der Waals surface area contributed by atoms with Crippen molar-refractivity contribution in [3.05, 3.63) is 78.4 Å². The molecule has 0 amide bonds. The molecule has 1 nitrogen and oxygen atoms in total. The van der Waals surface area contributed by atoms with E-state index in [0.717, 1.165) is 48.1 Å². The van der Waals surface area contributed by atoms with Gasteiger partial charge in [0, 0.05) is 11.1 Å². The number of para-hydroxylation sites is 1. The summed E-state index contributed by atoms with van der Waals surface area (Å²) in [6.07, 6.45) is 19.2. The molecular formula is C24H32O. The van der Waals surface area contributed by atoms with E-state index in [9.17, 15) is 0 Å². The van der Waals surface area contributed by atoms with Crippen LogP contribution in [-0.4, -0.2) is 7.11 Å². The second-order valence-electron chi connectivity index (χ2n) is 5.88. The average molecular weight is 337 g/mol. The SMILES string of the molecule is C=C/C(=C\C=C/C)c1cccc(C(/C=C\CCC)=C/CCC)c1OC. The standard InChI is InChI=1S/C24H32O/c1-6-10-13-17-21(16-12-8-3)23-19-14-18-22(24(23)25-5)20(9-4)15-11-7-2/h7,9,11,13-19H,4,6,8,10,12H2,1-3,5H3/b11-7-,17-13-,20-15+,21-16+. The lowest BCUT2D eigenvalue weighted by Gasteiger charge is -2.15. The molecule has 0 saturated carbocycles. The molecule has 0 unspecified atom stereocenters. The van der Waals surface area contributed by atoms with Crippen LogP contribution in [0.4, 0.5) is 0 Å². The number of hydrogen-bond donors (Lipinski definition) is 0. The molecule has 25 heavy (non-hydrogen) atoms. The molecular weight excluding hydrogens is 304 g/mol. The van der Waals surface area contributed by atoms with Gasteiger partial charge in [-0.2, -0.15) is 0 Å². The predicted molar refractivity (Wildman–Crippen MR) is 113 cm³/mol. The van der Waals surface area contributed by atoms with E-state index in [0.29, 0.717) is 0 Å². The molecule has 1 aromatic rings. The molecule has 0 radical (unpaired) electrons. The van der Waals surface area contributed by atoms with Gasteiger partial charge in [0.2, 0.25) is 0 Å². The van der Waals surface area contributed by atoms with Crippen molar-refractivity contribution in [2.24, 2.45) is 0 Å². The van der Waals surface area contributed by atoms with Crippen molar-refractivity contribution >= 4 is 11.1 Å². The molecule has 0 heterocycles. The summed E-state index contributed by atoms with van der Waals surface area (Å²) in [6.45, 7) is 10.4. The van der Waals surface area contributed by atoms with Gasteiger partial charge in [0.25, 0.3) is 0 Å². The van der Waals surface area contributed by atoms with Crippen molar-refractivity contribution in [1.82, 2.24) is 0 Å². The first-order valence-corrected chi connectivity index (χ1v) is 9.23. The molecule has 0 spiro atoms. The van der Waals surface area contributed by atoms with E-state index in [1.807, 2.05) is 25.2 Å². The lowest BCUT2D eigenvalue weighted by Crippen LogP contribution is -1.96. The summed E-state index contributed by atoms with van der Waals surface area (Å²) in [7, 11) is 1.74. The predicted octanol–water partition coefficient (Wildman–Crippen LogP) is 7.38. The highest BCUT2D eigenvalue weighted by atomic mass is 16.5. The zero-order chi connectivity index (χ0) is 18.5. The maximum absolute atomic E-state index is 5.82. The fourth-order valence-electron chi connectivity index (χ4n) is 2.62. The third kappa shape index (κ3) is 6.26. The normalized spacial score (nSPS) is 13.0. The third-order valence-electron chi connectivity index (χ3n) is 3.93. The number of hydrogen-bond acceptors (Lipinski definition) is 1. The van der Waals surface area contributed by atoms with Crippen LogP contribution >= 0.6 is 0 Å². The second-order valence-corrected chi connectivity index (χ2v) is 5.88. The topological polar surface area (TPSA) is 9.23 Å². The second kappa shape index (κ2) is 12.1. The molecule has 0 bridgehead atoms. The molecule has 0 aliphatic heterocycles. The fraction of sp³-hybridized carbons (Fsp3) is 0.333. The minimum absolute atomic E-state index is 0.904. The summed E-state index contributed by atoms with van der Waals surface area (Å²) in [6, 6.07) is 6.32. The summed E-state index contributed by atoms with van der Waals surface area (Å²) in [4.78, 5) is 0. The first-order chi connectivity index (χ1) is 12.2. The quantitative estimate of drug-likeness (QED) is 0.405. The molecule has 0 atom stereocenters. The van der Waals surface area contributed by atoms with E-state index in [2.05, 4.69) is 62.9 Å². The largest absolute Gasteiger partial charge is 0.495 e. The van der Waals surface area contributed by atoms with Crippen molar-refractivity contribution < 1.29 is 4.74 Å². The monoisotopic (exact) mass is 336 g/mol. The summed E-state index contributed by atoms with van der Waals surface area (Å²) >= 11 is 0. The van der Waals surface area contributed by atoms with Crippen LogP contribution < -0.4 is 4.74 Å². The van der Waals surface area contributed by atoms with Gasteiger partial charge in [-0.05, 0) is 30.9 Å². The number of methoxy groups -OCH3 is 1. The Hall–Kier alpha value is -2.28. The smallest absolute Gasteiger partial charge is 0.134 e. The van der Waals surface area contributed by atoms with Crippen LogP contribution in [0.5, 0.6) is 5.75 Å². The number of rotatable bonds is 10. The van der Waals surface area contributed by atoms with Gasteiger partial charge in [0.15, 0.2) is 0 Å². The molecule has 0 N–H and O–H groups in total. The van der Waals surface area contributed by atoms with Crippen LogP contribution in [0.1, 0.15) is 57.6 Å². The molecule has 0 aliphatic rings. The molecule has 1 aromatic carbocycles. The average Bonchev–Trinajstić information content (AvgIpc) is 2.65. The Bertz CT molecular complexity index is 657. The Balaban J connectivity index is 3.47. The molecule has 1 rings (SSSR count). The lowest BCUT2D eigenvalue weighted by molar-refractivity contribution is 0.412. The van der Waals surface area contributed by atoms with Gasteiger partial charge in [-0.3, -0.25) is 0 Å².